The van der Waals surface area contributed by atoms with Crippen LogP contribution in [0.3, 0.4) is 0 Å². The van der Waals surface area contributed by atoms with Crippen molar-refractivity contribution in [2.75, 3.05) is 13.1 Å². The average molecular weight is 260 g/mol. The van der Waals surface area contributed by atoms with E-state index in [-0.39, 0.29) is 0 Å². The van der Waals surface area contributed by atoms with Crippen molar-refractivity contribution in [3.63, 3.8) is 0 Å². The minimum Gasteiger partial charge on any atom is -0.297 e. The van der Waals surface area contributed by atoms with Crippen molar-refractivity contribution in [1.82, 2.24) is 9.88 Å². The average Bonchev–Trinajstić information content (AvgIpc) is 2.39. The molecule has 0 N–H and O–H groups in total. The number of piperidine rings is 1. The normalized spacial score (nSPS) is 18.4. The van der Waals surface area contributed by atoms with E-state index in [9.17, 15) is 0 Å². The van der Waals surface area contributed by atoms with Crippen molar-refractivity contribution in [2.24, 2.45) is 11.8 Å². The van der Waals surface area contributed by atoms with Crippen LogP contribution >= 0.6 is 0 Å². The van der Waals surface area contributed by atoms with E-state index >= 15 is 0 Å². The lowest BCUT2D eigenvalue weighted by Crippen LogP contribution is -2.35. The Balaban J connectivity index is 1.90. The molecule has 106 valence electrons. The summed E-state index contributed by atoms with van der Waals surface area (Å²) in [5.41, 5.74) is 2.64. The van der Waals surface area contributed by atoms with Crippen LogP contribution in [-0.2, 0) is 6.54 Å². The van der Waals surface area contributed by atoms with Crippen LogP contribution in [-0.4, -0.2) is 23.0 Å². The molecule has 0 aliphatic carbocycles. The van der Waals surface area contributed by atoms with Gasteiger partial charge in [-0.2, -0.15) is 0 Å². The highest BCUT2D eigenvalue weighted by atomic mass is 15.1. The minimum absolute atomic E-state index is 0.591. The van der Waals surface area contributed by atoms with Gasteiger partial charge in [0.1, 0.15) is 0 Å². The maximum atomic E-state index is 4.53. The van der Waals surface area contributed by atoms with E-state index in [2.05, 4.69) is 49.7 Å². The summed E-state index contributed by atoms with van der Waals surface area (Å²) < 4.78 is 0. The van der Waals surface area contributed by atoms with Gasteiger partial charge >= 0.3 is 0 Å². The van der Waals surface area contributed by atoms with Crippen LogP contribution in [0.25, 0.3) is 0 Å². The molecule has 0 unspecified atom stereocenters. The lowest BCUT2D eigenvalue weighted by Gasteiger charge is -2.33. The number of likely N-dealkylation sites (tertiary alicyclic amines) is 1. The molecular formula is C17H28N2. The Kier molecular flexibility index (Phi) is 4.98. The second-order valence-corrected chi connectivity index (χ2v) is 6.59. The first-order chi connectivity index (χ1) is 9.06. The van der Waals surface area contributed by atoms with Crippen LogP contribution in [0, 0.1) is 11.8 Å². The molecule has 1 aliphatic heterocycles. The van der Waals surface area contributed by atoms with Crippen molar-refractivity contribution in [3.8, 4) is 0 Å². The summed E-state index contributed by atoms with van der Waals surface area (Å²) in [4.78, 5) is 7.09. The van der Waals surface area contributed by atoms with E-state index in [1.54, 1.807) is 0 Å². The smallest absolute Gasteiger partial charge is 0.0546 e. The fourth-order valence-electron chi connectivity index (χ4n) is 2.95. The molecule has 19 heavy (non-hydrogen) atoms. The van der Waals surface area contributed by atoms with Crippen LogP contribution in [0.5, 0.6) is 0 Å². The Morgan fingerprint density at radius 1 is 1.21 bits per heavy atom. The van der Waals surface area contributed by atoms with Crippen LogP contribution in [0.2, 0.25) is 0 Å². The van der Waals surface area contributed by atoms with Gasteiger partial charge in [0, 0.05) is 12.7 Å². The van der Waals surface area contributed by atoms with Gasteiger partial charge in [0.2, 0.25) is 0 Å². The molecule has 1 aliphatic rings. The van der Waals surface area contributed by atoms with Crippen molar-refractivity contribution in [3.05, 3.63) is 29.6 Å². The molecular weight excluding hydrogens is 232 g/mol. The van der Waals surface area contributed by atoms with Crippen LogP contribution < -0.4 is 0 Å². The Hall–Kier alpha value is -0.890. The molecule has 0 bridgehead atoms. The summed E-state index contributed by atoms with van der Waals surface area (Å²) in [6.45, 7) is 12.7. The van der Waals surface area contributed by atoms with E-state index in [4.69, 9.17) is 0 Å². The SMILES string of the molecule is CC(C)c1ccnc(CN2CCC(C(C)C)CC2)c1. The molecule has 2 rings (SSSR count). The molecule has 2 nitrogen and oxygen atoms in total. The minimum atomic E-state index is 0.591. The number of rotatable bonds is 4. The molecule has 1 saturated heterocycles. The summed E-state index contributed by atoms with van der Waals surface area (Å²) >= 11 is 0. The molecule has 0 saturated carbocycles. The second kappa shape index (κ2) is 6.51. The first-order valence-corrected chi connectivity index (χ1v) is 7.73. The Bertz CT molecular complexity index is 390. The number of pyridine rings is 1. The van der Waals surface area contributed by atoms with Gasteiger partial charge in [-0.1, -0.05) is 27.7 Å². The summed E-state index contributed by atoms with van der Waals surface area (Å²) in [6.07, 6.45) is 4.66. The number of aromatic nitrogens is 1. The predicted octanol–water partition coefficient (Wildman–Crippen LogP) is 4.07. The third-order valence-electron chi connectivity index (χ3n) is 4.47. The summed E-state index contributed by atoms with van der Waals surface area (Å²) in [5.74, 6) is 2.35. The predicted molar refractivity (Wildman–Crippen MR) is 81.2 cm³/mol. The first-order valence-electron chi connectivity index (χ1n) is 7.73. The van der Waals surface area contributed by atoms with E-state index in [0.29, 0.717) is 5.92 Å². The molecule has 0 atom stereocenters. The highest BCUT2D eigenvalue weighted by Gasteiger charge is 2.21. The molecule has 1 aromatic heterocycles. The van der Waals surface area contributed by atoms with Gasteiger partial charge in [-0.15, -0.1) is 0 Å². The molecule has 1 fully saturated rings. The van der Waals surface area contributed by atoms with E-state index in [0.717, 1.165) is 18.4 Å². The van der Waals surface area contributed by atoms with Crippen molar-refractivity contribution >= 4 is 0 Å². The maximum Gasteiger partial charge on any atom is 0.0546 e. The highest BCUT2D eigenvalue weighted by Crippen LogP contribution is 2.25. The van der Waals surface area contributed by atoms with Gasteiger partial charge < -0.3 is 0 Å². The zero-order valence-electron chi connectivity index (χ0n) is 12.9. The van der Waals surface area contributed by atoms with Gasteiger partial charge in [0.05, 0.1) is 5.69 Å². The molecule has 2 heterocycles. The van der Waals surface area contributed by atoms with Crippen molar-refractivity contribution < 1.29 is 0 Å². The van der Waals surface area contributed by atoms with Crippen LogP contribution in [0.1, 0.15) is 57.7 Å². The van der Waals surface area contributed by atoms with E-state index in [1.165, 1.54) is 37.2 Å². The van der Waals surface area contributed by atoms with Gasteiger partial charge in [0.25, 0.3) is 0 Å². The van der Waals surface area contributed by atoms with Gasteiger partial charge in [0.15, 0.2) is 0 Å². The maximum absolute atomic E-state index is 4.53. The molecule has 0 spiro atoms. The summed E-state index contributed by atoms with van der Waals surface area (Å²) in [7, 11) is 0. The quantitative estimate of drug-likeness (QED) is 0.811. The Morgan fingerprint density at radius 2 is 1.89 bits per heavy atom. The number of hydrogen-bond donors (Lipinski definition) is 0. The molecule has 2 heteroatoms. The van der Waals surface area contributed by atoms with Gasteiger partial charge in [-0.3, -0.25) is 9.88 Å². The fourth-order valence-corrected chi connectivity index (χ4v) is 2.95. The van der Waals surface area contributed by atoms with Crippen molar-refractivity contribution in [1.29, 1.82) is 0 Å². The fraction of sp³-hybridized carbons (Fsp3) is 0.706. The third kappa shape index (κ3) is 4.04. The topological polar surface area (TPSA) is 16.1 Å². The molecule has 0 amide bonds. The molecule has 0 aromatic carbocycles. The first kappa shape index (κ1) is 14.5. The van der Waals surface area contributed by atoms with Gasteiger partial charge in [-0.25, -0.2) is 0 Å². The standard InChI is InChI=1S/C17H28N2/c1-13(2)15-6-9-19(10-7-15)12-17-11-16(14(3)4)5-8-18-17/h5,8,11,13-15H,6-7,9-10,12H2,1-4H3. The van der Waals surface area contributed by atoms with Crippen LogP contribution in [0.4, 0.5) is 0 Å². The lowest BCUT2D eigenvalue weighted by atomic mass is 9.87. The largest absolute Gasteiger partial charge is 0.297 e. The van der Waals surface area contributed by atoms with Gasteiger partial charge in [-0.05, 0) is 61.4 Å². The van der Waals surface area contributed by atoms with E-state index < -0.39 is 0 Å². The monoisotopic (exact) mass is 260 g/mol. The molecule has 0 radical (unpaired) electrons. The second-order valence-electron chi connectivity index (χ2n) is 6.59. The van der Waals surface area contributed by atoms with E-state index in [1.807, 2.05) is 6.20 Å². The number of hydrogen-bond acceptors (Lipinski definition) is 2. The Labute approximate surface area is 118 Å². The summed E-state index contributed by atoms with van der Waals surface area (Å²) in [6, 6.07) is 4.42. The highest BCUT2D eigenvalue weighted by molar-refractivity contribution is 5.19. The zero-order chi connectivity index (χ0) is 13.8. The summed E-state index contributed by atoms with van der Waals surface area (Å²) in [5, 5.41) is 0. The molecule has 1 aromatic rings. The zero-order valence-corrected chi connectivity index (χ0v) is 12.9. The third-order valence-corrected chi connectivity index (χ3v) is 4.47. The Morgan fingerprint density at radius 3 is 2.47 bits per heavy atom. The number of nitrogens with zero attached hydrogens (tertiary/aromatic N) is 2. The van der Waals surface area contributed by atoms with Crippen LogP contribution in [0.15, 0.2) is 18.3 Å². The van der Waals surface area contributed by atoms with Crippen molar-refractivity contribution in [2.45, 2.75) is 53.0 Å². The lowest BCUT2D eigenvalue weighted by molar-refractivity contribution is 0.150.